The lowest BCUT2D eigenvalue weighted by atomic mass is 9.98. The van der Waals surface area contributed by atoms with Gasteiger partial charge in [0, 0.05) is 10.6 Å². The van der Waals surface area contributed by atoms with E-state index in [4.69, 9.17) is 11.6 Å². The fraction of sp³-hybridized carbons (Fsp3) is 0.278. The van der Waals surface area contributed by atoms with E-state index >= 15 is 0 Å². The van der Waals surface area contributed by atoms with Gasteiger partial charge in [-0.25, -0.2) is 0 Å². The zero-order chi connectivity index (χ0) is 16.1. The predicted octanol–water partition coefficient (Wildman–Crippen LogP) is 5.50. The standard InChI is InChI=1S/C18H20ClNOS/c1-12(2)14-8-6-7-13(3)18(14)20-17(21)11-22-16-10-5-4-9-15(16)19/h4-10,12H,11H2,1-3H3,(H,20,21). The van der Waals surface area contributed by atoms with E-state index in [0.29, 0.717) is 16.7 Å². The van der Waals surface area contributed by atoms with Crippen molar-refractivity contribution < 1.29 is 4.79 Å². The van der Waals surface area contributed by atoms with Crippen LogP contribution in [-0.4, -0.2) is 11.7 Å². The number of rotatable bonds is 5. The van der Waals surface area contributed by atoms with Gasteiger partial charge >= 0.3 is 0 Å². The van der Waals surface area contributed by atoms with Crippen LogP contribution in [-0.2, 0) is 4.79 Å². The van der Waals surface area contributed by atoms with Crippen molar-refractivity contribution in [2.75, 3.05) is 11.1 Å². The van der Waals surface area contributed by atoms with E-state index in [0.717, 1.165) is 21.7 Å². The normalized spacial score (nSPS) is 10.8. The van der Waals surface area contributed by atoms with Gasteiger partial charge in [-0.1, -0.05) is 55.8 Å². The number of carbonyl (C=O) groups excluding carboxylic acids is 1. The first-order valence-corrected chi connectivity index (χ1v) is 8.62. The van der Waals surface area contributed by atoms with Crippen molar-refractivity contribution in [3.05, 3.63) is 58.6 Å². The van der Waals surface area contributed by atoms with Crippen LogP contribution in [0.25, 0.3) is 0 Å². The average molecular weight is 334 g/mol. The Balaban J connectivity index is 2.05. The maximum atomic E-state index is 12.2. The number of benzene rings is 2. The van der Waals surface area contributed by atoms with Gasteiger partial charge in [-0.3, -0.25) is 4.79 Å². The third-order valence-electron chi connectivity index (χ3n) is 3.39. The second-order valence-electron chi connectivity index (χ2n) is 5.46. The lowest BCUT2D eigenvalue weighted by molar-refractivity contribution is -0.113. The molecule has 2 nitrogen and oxygen atoms in total. The van der Waals surface area contributed by atoms with E-state index < -0.39 is 0 Å². The minimum absolute atomic E-state index is 0.0129. The van der Waals surface area contributed by atoms with E-state index in [1.54, 1.807) is 0 Å². The fourth-order valence-corrected chi connectivity index (χ4v) is 3.26. The molecule has 0 aliphatic carbocycles. The lowest BCUT2D eigenvalue weighted by Gasteiger charge is -2.16. The Hall–Kier alpha value is -1.45. The summed E-state index contributed by atoms with van der Waals surface area (Å²) in [7, 11) is 0. The molecule has 0 saturated carbocycles. The van der Waals surface area contributed by atoms with Gasteiger partial charge in [-0.05, 0) is 36.1 Å². The summed E-state index contributed by atoms with van der Waals surface area (Å²) in [6.07, 6.45) is 0. The molecule has 116 valence electrons. The number of carbonyl (C=O) groups is 1. The molecule has 4 heteroatoms. The third kappa shape index (κ3) is 4.28. The van der Waals surface area contributed by atoms with Crippen LogP contribution in [0.15, 0.2) is 47.4 Å². The first kappa shape index (κ1) is 16.9. The molecule has 0 atom stereocenters. The Bertz CT molecular complexity index is 670. The van der Waals surface area contributed by atoms with Crippen molar-refractivity contribution in [3.8, 4) is 0 Å². The SMILES string of the molecule is Cc1cccc(C(C)C)c1NC(=O)CSc1ccccc1Cl. The second kappa shape index (κ2) is 7.70. The molecule has 2 rings (SSSR count). The minimum Gasteiger partial charge on any atom is -0.325 e. The van der Waals surface area contributed by atoms with E-state index in [1.165, 1.54) is 11.8 Å². The molecule has 0 unspecified atom stereocenters. The van der Waals surface area contributed by atoms with Crippen molar-refractivity contribution in [3.63, 3.8) is 0 Å². The topological polar surface area (TPSA) is 29.1 Å². The van der Waals surface area contributed by atoms with Crippen LogP contribution in [0.5, 0.6) is 0 Å². The number of aryl methyl sites for hydroxylation is 1. The number of amides is 1. The van der Waals surface area contributed by atoms with Crippen molar-refractivity contribution in [1.29, 1.82) is 0 Å². The lowest BCUT2D eigenvalue weighted by Crippen LogP contribution is -2.16. The highest BCUT2D eigenvalue weighted by Gasteiger charge is 2.12. The Labute approximate surface area is 141 Å². The summed E-state index contributed by atoms with van der Waals surface area (Å²) < 4.78 is 0. The van der Waals surface area contributed by atoms with E-state index in [1.807, 2.05) is 43.3 Å². The quantitative estimate of drug-likeness (QED) is 0.732. The molecule has 0 aliphatic heterocycles. The molecule has 0 saturated heterocycles. The zero-order valence-electron chi connectivity index (χ0n) is 13.0. The number of thioether (sulfide) groups is 1. The summed E-state index contributed by atoms with van der Waals surface area (Å²) in [5.41, 5.74) is 3.18. The molecule has 0 bridgehead atoms. The molecule has 0 radical (unpaired) electrons. The molecule has 0 heterocycles. The number of hydrogen-bond acceptors (Lipinski definition) is 2. The maximum Gasteiger partial charge on any atom is 0.234 e. The van der Waals surface area contributed by atoms with E-state index in [2.05, 4.69) is 25.2 Å². The number of anilines is 1. The smallest absolute Gasteiger partial charge is 0.234 e. The van der Waals surface area contributed by atoms with Crippen LogP contribution < -0.4 is 5.32 Å². The van der Waals surface area contributed by atoms with Crippen LogP contribution in [0.4, 0.5) is 5.69 Å². The number of para-hydroxylation sites is 1. The Kier molecular flexibility index (Phi) is 5.92. The Morgan fingerprint density at radius 3 is 2.59 bits per heavy atom. The van der Waals surface area contributed by atoms with Gasteiger partial charge in [0.05, 0.1) is 10.8 Å². The summed E-state index contributed by atoms with van der Waals surface area (Å²) in [5, 5.41) is 3.73. The van der Waals surface area contributed by atoms with Gasteiger partial charge in [0.1, 0.15) is 0 Å². The Morgan fingerprint density at radius 1 is 1.18 bits per heavy atom. The van der Waals surface area contributed by atoms with Gasteiger partial charge in [0.25, 0.3) is 0 Å². The highest BCUT2D eigenvalue weighted by atomic mass is 35.5. The van der Waals surface area contributed by atoms with Gasteiger partial charge in [-0.2, -0.15) is 0 Å². The summed E-state index contributed by atoms with van der Waals surface area (Å²) in [5.74, 6) is 0.697. The third-order valence-corrected chi connectivity index (χ3v) is 4.90. The van der Waals surface area contributed by atoms with Crippen LogP contribution in [0.3, 0.4) is 0 Å². The molecule has 2 aromatic rings. The number of nitrogens with one attached hydrogen (secondary N) is 1. The molecule has 1 amide bonds. The van der Waals surface area contributed by atoms with Crippen molar-refractivity contribution in [1.82, 2.24) is 0 Å². The molecule has 2 aromatic carbocycles. The molecule has 0 spiro atoms. The van der Waals surface area contributed by atoms with E-state index in [9.17, 15) is 4.79 Å². The molecule has 0 fully saturated rings. The Morgan fingerprint density at radius 2 is 1.91 bits per heavy atom. The first-order valence-electron chi connectivity index (χ1n) is 7.25. The van der Waals surface area contributed by atoms with Crippen molar-refractivity contribution in [2.24, 2.45) is 0 Å². The fourth-order valence-electron chi connectivity index (χ4n) is 2.22. The summed E-state index contributed by atoms with van der Waals surface area (Å²) >= 11 is 7.56. The summed E-state index contributed by atoms with van der Waals surface area (Å²) in [6.45, 7) is 6.27. The van der Waals surface area contributed by atoms with Gasteiger partial charge in [-0.15, -0.1) is 11.8 Å². The maximum absolute atomic E-state index is 12.2. The predicted molar refractivity (Wildman–Crippen MR) is 96.1 cm³/mol. The molecular weight excluding hydrogens is 314 g/mol. The molecule has 0 aliphatic rings. The van der Waals surface area contributed by atoms with Crippen LogP contribution >= 0.6 is 23.4 Å². The molecule has 22 heavy (non-hydrogen) atoms. The van der Waals surface area contributed by atoms with Crippen molar-refractivity contribution >= 4 is 35.0 Å². The van der Waals surface area contributed by atoms with Crippen molar-refractivity contribution in [2.45, 2.75) is 31.6 Å². The minimum atomic E-state index is -0.0129. The molecule has 1 N–H and O–H groups in total. The zero-order valence-corrected chi connectivity index (χ0v) is 14.6. The van der Waals surface area contributed by atoms with Gasteiger partial charge in [0.15, 0.2) is 0 Å². The highest BCUT2D eigenvalue weighted by Crippen LogP contribution is 2.29. The van der Waals surface area contributed by atoms with E-state index in [-0.39, 0.29) is 5.91 Å². The van der Waals surface area contributed by atoms with Crippen LogP contribution in [0, 0.1) is 6.92 Å². The van der Waals surface area contributed by atoms with Crippen LogP contribution in [0.1, 0.15) is 30.9 Å². The molecular formula is C18H20ClNOS. The molecule has 0 aromatic heterocycles. The summed E-state index contributed by atoms with van der Waals surface area (Å²) in [4.78, 5) is 13.2. The number of hydrogen-bond donors (Lipinski definition) is 1. The average Bonchev–Trinajstić information content (AvgIpc) is 2.48. The largest absolute Gasteiger partial charge is 0.325 e. The van der Waals surface area contributed by atoms with Gasteiger partial charge in [0.2, 0.25) is 5.91 Å². The van der Waals surface area contributed by atoms with Gasteiger partial charge < -0.3 is 5.32 Å². The first-order chi connectivity index (χ1) is 10.5. The summed E-state index contributed by atoms with van der Waals surface area (Å²) in [6, 6.07) is 13.7. The monoisotopic (exact) mass is 333 g/mol. The second-order valence-corrected chi connectivity index (χ2v) is 6.89. The van der Waals surface area contributed by atoms with Crippen LogP contribution in [0.2, 0.25) is 5.02 Å². The highest BCUT2D eigenvalue weighted by molar-refractivity contribution is 8.00. The number of halogens is 1.